The normalized spacial score (nSPS) is 10.3. The molecular weight excluding hydrogens is 264 g/mol. The van der Waals surface area contributed by atoms with Gasteiger partial charge < -0.3 is 9.47 Å². The van der Waals surface area contributed by atoms with Crippen LogP contribution in [0, 0.1) is 20.8 Å². The summed E-state index contributed by atoms with van der Waals surface area (Å²) < 4.78 is 10.8. The van der Waals surface area contributed by atoms with Gasteiger partial charge in [-0.15, -0.1) is 0 Å². The lowest BCUT2D eigenvalue weighted by molar-refractivity contribution is 0.0918. The fourth-order valence-electron chi connectivity index (χ4n) is 2.06. The molecule has 21 heavy (non-hydrogen) atoms. The van der Waals surface area contributed by atoms with Crippen molar-refractivity contribution in [2.75, 3.05) is 13.7 Å². The first-order valence-electron chi connectivity index (χ1n) is 6.89. The second-order valence-electron chi connectivity index (χ2n) is 5.16. The van der Waals surface area contributed by atoms with Gasteiger partial charge in [0.1, 0.15) is 11.5 Å². The van der Waals surface area contributed by atoms with Gasteiger partial charge in [-0.2, -0.15) is 0 Å². The highest BCUT2D eigenvalue weighted by atomic mass is 16.5. The summed E-state index contributed by atoms with van der Waals surface area (Å²) >= 11 is 0. The Hall–Kier alpha value is -2.29. The number of methoxy groups -OCH3 is 1. The first-order valence-corrected chi connectivity index (χ1v) is 6.89. The van der Waals surface area contributed by atoms with Gasteiger partial charge in [0.25, 0.3) is 0 Å². The van der Waals surface area contributed by atoms with Crippen molar-refractivity contribution in [3.8, 4) is 11.5 Å². The molecule has 0 fully saturated rings. The second-order valence-corrected chi connectivity index (χ2v) is 5.16. The summed E-state index contributed by atoms with van der Waals surface area (Å²) in [4.78, 5) is 12.3. The van der Waals surface area contributed by atoms with E-state index in [9.17, 15) is 4.79 Å². The Morgan fingerprint density at radius 3 is 2.43 bits per heavy atom. The van der Waals surface area contributed by atoms with Gasteiger partial charge in [0.2, 0.25) is 5.78 Å². The molecule has 3 nitrogen and oxygen atoms in total. The lowest BCUT2D eigenvalue weighted by Gasteiger charge is -2.10. The molecule has 0 unspecified atom stereocenters. The largest absolute Gasteiger partial charge is 0.496 e. The molecule has 0 aliphatic rings. The Morgan fingerprint density at radius 2 is 1.76 bits per heavy atom. The Balaban J connectivity index is 2.09. The van der Waals surface area contributed by atoms with Crippen molar-refractivity contribution >= 4 is 5.78 Å². The van der Waals surface area contributed by atoms with E-state index in [2.05, 4.69) is 0 Å². The van der Waals surface area contributed by atoms with E-state index >= 15 is 0 Å². The second kappa shape index (κ2) is 6.44. The minimum Gasteiger partial charge on any atom is -0.496 e. The predicted molar refractivity (Wildman–Crippen MR) is 83.5 cm³/mol. The van der Waals surface area contributed by atoms with E-state index in [0.717, 1.165) is 11.1 Å². The summed E-state index contributed by atoms with van der Waals surface area (Å²) in [6.45, 7) is 6.03. The average Bonchev–Trinajstić information content (AvgIpc) is 2.48. The SMILES string of the molecule is COc1cc(C)ccc1C(=O)COc1ccc(C)c(C)c1. The molecular formula is C18H20O3. The maximum absolute atomic E-state index is 12.3. The van der Waals surface area contributed by atoms with Gasteiger partial charge in [0.05, 0.1) is 12.7 Å². The van der Waals surface area contributed by atoms with Crippen molar-refractivity contribution < 1.29 is 14.3 Å². The number of hydrogen-bond acceptors (Lipinski definition) is 3. The zero-order valence-corrected chi connectivity index (χ0v) is 12.9. The zero-order valence-electron chi connectivity index (χ0n) is 12.9. The van der Waals surface area contributed by atoms with Crippen LogP contribution in [0.15, 0.2) is 36.4 Å². The number of ether oxygens (including phenoxy) is 2. The Labute approximate surface area is 125 Å². The van der Waals surface area contributed by atoms with Crippen LogP contribution in [0.25, 0.3) is 0 Å². The predicted octanol–water partition coefficient (Wildman–Crippen LogP) is 3.88. The molecule has 0 radical (unpaired) electrons. The van der Waals surface area contributed by atoms with Crippen molar-refractivity contribution in [2.24, 2.45) is 0 Å². The molecule has 110 valence electrons. The number of benzene rings is 2. The van der Waals surface area contributed by atoms with Crippen LogP contribution in [0.5, 0.6) is 11.5 Å². The molecule has 0 saturated heterocycles. The van der Waals surface area contributed by atoms with Crippen LogP contribution < -0.4 is 9.47 Å². The van der Waals surface area contributed by atoms with Crippen LogP contribution in [0.4, 0.5) is 0 Å². The minimum atomic E-state index is -0.0925. The lowest BCUT2D eigenvalue weighted by atomic mass is 10.1. The van der Waals surface area contributed by atoms with Gasteiger partial charge >= 0.3 is 0 Å². The molecule has 2 rings (SSSR count). The highest BCUT2D eigenvalue weighted by Gasteiger charge is 2.13. The third kappa shape index (κ3) is 3.63. The smallest absolute Gasteiger partial charge is 0.203 e. The highest BCUT2D eigenvalue weighted by Crippen LogP contribution is 2.21. The quantitative estimate of drug-likeness (QED) is 0.782. The van der Waals surface area contributed by atoms with E-state index in [0.29, 0.717) is 17.1 Å². The van der Waals surface area contributed by atoms with Crippen LogP contribution in [-0.4, -0.2) is 19.5 Å². The lowest BCUT2D eigenvalue weighted by Crippen LogP contribution is -2.13. The van der Waals surface area contributed by atoms with Crippen LogP contribution in [0.1, 0.15) is 27.0 Å². The van der Waals surface area contributed by atoms with Gasteiger partial charge in [-0.1, -0.05) is 12.1 Å². The third-order valence-electron chi connectivity index (χ3n) is 3.51. The first kappa shape index (κ1) is 15.1. The van der Waals surface area contributed by atoms with E-state index in [1.165, 1.54) is 5.56 Å². The average molecular weight is 284 g/mol. The summed E-state index contributed by atoms with van der Waals surface area (Å²) in [7, 11) is 1.57. The number of aryl methyl sites for hydroxylation is 3. The van der Waals surface area contributed by atoms with Gasteiger partial charge in [0.15, 0.2) is 6.61 Å². The fourth-order valence-corrected chi connectivity index (χ4v) is 2.06. The molecule has 0 aromatic heterocycles. The molecule has 0 heterocycles. The van der Waals surface area contributed by atoms with E-state index < -0.39 is 0 Å². The number of carbonyl (C=O) groups excluding carboxylic acids is 1. The van der Waals surface area contributed by atoms with Gasteiger partial charge in [-0.25, -0.2) is 0 Å². The van der Waals surface area contributed by atoms with Crippen LogP contribution in [0.3, 0.4) is 0 Å². The summed E-state index contributed by atoms with van der Waals surface area (Å²) in [5.74, 6) is 1.20. The van der Waals surface area contributed by atoms with Crippen molar-refractivity contribution in [2.45, 2.75) is 20.8 Å². The summed E-state index contributed by atoms with van der Waals surface area (Å²) in [5, 5.41) is 0. The molecule has 0 aliphatic heterocycles. The number of rotatable bonds is 5. The molecule has 0 saturated carbocycles. The molecule has 0 bridgehead atoms. The molecule has 2 aromatic carbocycles. The molecule has 0 aliphatic carbocycles. The van der Waals surface area contributed by atoms with Crippen LogP contribution >= 0.6 is 0 Å². The molecule has 0 spiro atoms. The number of hydrogen-bond donors (Lipinski definition) is 0. The van der Waals surface area contributed by atoms with Crippen molar-refractivity contribution in [3.63, 3.8) is 0 Å². The van der Waals surface area contributed by atoms with Crippen LogP contribution in [-0.2, 0) is 0 Å². The summed E-state index contributed by atoms with van der Waals surface area (Å²) in [6.07, 6.45) is 0. The molecule has 0 amide bonds. The molecule has 3 heteroatoms. The standard InChI is InChI=1S/C18H20O3/c1-12-5-8-16(18(9-12)20-4)17(19)11-21-15-7-6-13(2)14(3)10-15/h5-10H,11H2,1-4H3. The summed E-state index contributed by atoms with van der Waals surface area (Å²) in [6, 6.07) is 11.3. The minimum absolute atomic E-state index is 0.00191. The topological polar surface area (TPSA) is 35.5 Å². The molecule has 2 aromatic rings. The number of ketones is 1. The highest BCUT2D eigenvalue weighted by molar-refractivity contribution is 5.99. The van der Waals surface area contributed by atoms with Gasteiger partial charge in [-0.3, -0.25) is 4.79 Å². The van der Waals surface area contributed by atoms with E-state index in [1.807, 2.05) is 51.1 Å². The fraction of sp³-hybridized carbons (Fsp3) is 0.278. The Morgan fingerprint density at radius 1 is 1.00 bits per heavy atom. The van der Waals surface area contributed by atoms with E-state index in [4.69, 9.17) is 9.47 Å². The maximum atomic E-state index is 12.3. The summed E-state index contributed by atoms with van der Waals surface area (Å²) in [5.41, 5.74) is 3.95. The van der Waals surface area contributed by atoms with Crippen molar-refractivity contribution in [1.29, 1.82) is 0 Å². The maximum Gasteiger partial charge on any atom is 0.203 e. The first-order chi connectivity index (χ1) is 10.0. The van der Waals surface area contributed by atoms with E-state index in [1.54, 1.807) is 13.2 Å². The van der Waals surface area contributed by atoms with Crippen LogP contribution in [0.2, 0.25) is 0 Å². The third-order valence-corrected chi connectivity index (χ3v) is 3.51. The molecule has 0 atom stereocenters. The molecule has 0 N–H and O–H groups in total. The van der Waals surface area contributed by atoms with E-state index in [-0.39, 0.29) is 12.4 Å². The Kier molecular flexibility index (Phi) is 4.63. The Bertz CT molecular complexity index is 660. The van der Waals surface area contributed by atoms with Crippen molar-refractivity contribution in [3.05, 3.63) is 58.7 Å². The number of carbonyl (C=O) groups is 1. The number of Topliss-reactive ketones (excluding diaryl/α,β-unsaturated/α-hetero) is 1. The van der Waals surface area contributed by atoms with Gasteiger partial charge in [0, 0.05) is 0 Å². The monoisotopic (exact) mass is 284 g/mol. The van der Waals surface area contributed by atoms with Gasteiger partial charge in [-0.05, 0) is 61.7 Å². The van der Waals surface area contributed by atoms with Crippen molar-refractivity contribution in [1.82, 2.24) is 0 Å². The zero-order chi connectivity index (χ0) is 15.4.